The van der Waals surface area contributed by atoms with Crippen LogP contribution in [0.15, 0.2) is 6.07 Å². The third-order valence-electron chi connectivity index (χ3n) is 1.79. The molecule has 0 amide bonds. The number of nitro groups is 1. The Labute approximate surface area is 101 Å². The van der Waals surface area contributed by atoms with Gasteiger partial charge in [0.15, 0.2) is 5.69 Å². The van der Waals surface area contributed by atoms with Crippen LogP contribution in [-0.2, 0) is 0 Å². The number of hydrogen-bond donors (Lipinski definition) is 0. The molecule has 0 atom stereocenters. The predicted octanol–water partition coefficient (Wildman–Crippen LogP) is 2.83. The monoisotopic (exact) mass is 288 g/mol. The summed E-state index contributed by atoms with van der Waals surface area (Å²) in [7, 11) is 0.870. The zero-order chi connectivity index (χ0) is 14.8. The first-order valence-electron chi connectivity index (χ1n) is 4.43. The van der Waals surface area contributed by atoms with E-state index in [9.17, 15) is 32.1 Å². The molecule has 0 aromatic carbocycles. The Hall–Kier alpha value is -2.20. The van der Waals surface area contributed by atoms with Gasteiger partial charge >= 0.3 is 12.0 Å². The van der Waals surface area contributed by atoms with Crippen LogP contribution in [0.5, 0.6) is 11.6 Å². The molecule has 0 aliphatic rings. The van der Waals surface area contributed by atoms with Gasteiger partial charge in [-0.2, -0.15) is 0 Å². The lowest BCUT2D eigenvalue weighted by atomic mass is 10.3. The molecule has 0 aliphatic heterocycles. The standard InChI is InChI=1S/C8H5F5N2O4/c1-18-3-2-4(19-8(11,12)13)14-5(7(9)10)6(3)15(16)17/h2,7H,1H3. The first-order chi connectivity index (χ1) is 8.65. The number of ether oxygens (including phenoxy) is 2. The van der Waals surface area contributed by atoms with E-state index in [-0.39, 0.29) is 0 Å². The van der Waals surface area contributed by atoms with Crippen LogP contribution in [0.4, 0.5) is 27.6 Å². The third-order valence-corrected chi connectivity index (χ3v) is 1.79. The number of aromatic nitrogens is 1. The third kappa shape index (κ3) is 3.63. The van der Waals surface area contributed by atoms with Crippen molar-refractivity contribution in [1.29, 1.82) is 0 Å². The quantitative estimate of drug-likeness (QED) is 0.484. The van der Waals surface area contributed by atoms with E-state index in [1.807, 2.05) is 0 Å². The highest BCUT2D eigenvalue weighted by molar-refractivity contribution is 5.52. The van der Waals surface area contributed by atoms with Crippen molar-refractivity contribution in [3.8, 4) is 11.6 Å². The van der Waals surface area contributed by atoms with Gasteiger partial charge in [0, 0.05) is 0 Å². The van der Waals surface area contributed by atoms with E-state index in [0.29, 0.717) is 6.07 Å². The van der Waals surface area contributed by atoms with Gasteiger partial charge in [0.05, 0.1) is 18.1 Å². The molecular formula is C8H5F5N2O4. The Morgan fingerprint density at radius 3 is 2.37 bits per heavy atom. The summed E-state index contributed by atoms with van der Waals surface area (Å²) in [5.74, 6) is -2.08. The van der Waals surface area contributed by atoms with Gasteiger partial charge in [-0.25, -0.2) is 13.8 Å². The molecule has 0 radical (unpaired) electrons. The lowest BCUT2D eigenvalue weighted by molar-refractivity contribution is -0.387. The van der Waals surface area contributed by atoms with Crippen molar-refractivity contribution in [2.45, 2.75) is 12.8 Å². The fourth-order valence-corrected chi connectivity index (χ4v) is 1.17. The Bertz CT molecular complexity index is 491. The van der Waals surface area contributed by atoms with E-state index in [2.05, 4.69) is 14.5 Å². The summed E-state index contributed by atoms with van der Waals surface area (Å²) < 4.78 is 68.7. The number of hydrogen-bond acceptors (Lipinski definition) is 5. The minimum Gasteiger partial charge on any atom is -0.490 e. The molecule has 19 heavy (non-hydrogen) atoms. The summed E-state index contributed by atoms with van der Waals surface area (Å²) in [5.41, 5.74) is -2.68. The Balaban J connectivity index is 3.40. The molecule has 1 heterocycles. The molecule has 0 spiro atoms. The summed E-state index contributed by atoms with van der Waals surface area (Å²) in [6.45, 7) is 0. The fourth-order valence-electron chi connectivity index (χ4n) is 1.17. The van der Waals surface area contributed by atoms with Gasteiger partial charge in [-0.1, -0.05) is 0 Å². The molecule has 1 rings (SSSR count). The number of alkyl halides is 5. The molecule has 1 aromatic heterocycles. The Morgan fingerprint density at radius 1 is 1.42 bits per heavy atom. The topological polar surface area (TPSA) is 74.5 Å². The van der Waals surface area contributed by atoms with Crippen molar-refractivity contribution in [3.63, 3.8) is 0 Å². The van der Waals surface area contributed by atoms with Gasteiger partial charge in [0.1, 0.15) is 0 Å². The maximum Gasteiger partial charge on any atom is 0.574 e. The highest BCUT2D eigenvalue weighted by Gasteiger charge is 2.35. The largest absolute Gasteiger partial charge is 0.574 e. The van der Waals surface area contributed by atoms with Crippen LogP contribution in [0, 0.1) is 10.1 Å². The first-order valence-corrected chi connectivity index (χ1v) is 4.43. The molecular weight excluding hydrogens is 283 g/mol. The molecule has 6 nitrogen and oxygen atoms in total. The van der Waals surface area contributed by atoms with Gasteiger partial charge in [0.25, 0.3) is 6.43 Å². The minimum atomic E-state index is -5.17. The predicted molar refractivity (Wildman–Crippen MR) is 49.1 cm³/mol. The van der Waals surface area contributed by atoms with Crippen LogP contribution >= 0.6 is 0 Å². The number of methoxy groups -OCH3 is 1. The summed E-state index contributed by atoms with van der Waals surface area (Å²) >= 11 is 0. The average molecular weight is 288 g/mol. The summed E-state index contributed by atoms with van der Waals surface area (Å²) in [5, 5.41) is 10.6. The van der Waals surface area contributed by atoms with E-state index < -0.39 is 40.7 Å². The zero-order valence-corrected chi connectivity index (χ0v) is 9.07. The van der Waals surface area contributed by atoms with Crippen molar-refractivity contribution in [3.05, 3.63) is 21.9 Å². The van der Waals surface area contributed by atoms with Crippen molar-refractivity contribution in [2.75, 3.05) is 7.11 Å². The fraction of sp³-hybridized carbons (Fsp3) is 0.375. The number of halogens is 5. The van der Waals surface area contributed by atoms with Crippen LogP contribution in [0.3, 0.4) is 0 Å². The first kappa shape index (κ1) is 14.9. The average Bonchev–Trinajstić information content (AvgIpc) is 2.24. The van der Waals surface area contributed by atoms with E-state index in [4.69, 9.17) is 0 Å². The lowest BCUT2D eigenvalue weighted by Crippen LogP contribution is -2.18. The second kappa shape index (κ2) is 5.20. The van der Waals surface area contributed by atoms with Crippen molar-refractivity contribution < 1.29 is 36.3 Å². The lowest BCUT2D eigenvalue weighted by Gasteiger charge is -2.11. The molecule has 0 aliphatic carbocycles. The van der Waals surface area contributed by atoms with E-state index in [0.717, 1.165) is 7.11 Å². The minimum absolute atomic E-state index is 0.400. The molecule has 0 bridgehead atoms. The molecule has 0 saturated carbocycles. The van der Waals surface area contributed by atoms with Gasteiger partial charge < -0.3 is 9.47 Å². The van der Waals surface area contributed by atoms with Crippen LogP contribution in [0.25, 0.3) is 0 Å². The molecule has 0 unspecified atom stereocenters. The normalized spacial score (nSPS) is 11.5. The second-order valence-corrected chi connectivity index (χ2v) is 3.00. The summed E-state index contributed by atoms with van der Waals surface area (Å²) in [6, 6.07) is 0.400. The highest BCUT2D eigenvalue weighted by Crippen LogP contribution is 2.38. The number of rotatable bonds is 4. The van der Waals surface area contributed by atoms with Crippen molar-refractivity contribution in [1.82, 2.24) is 4.98 Å². The van der Waals surface area contributed by atoms with Gasteiger partial charge in [0.2, 0.25) is 11.6 Å². The summed E-state index contributed by atoms with van der Waals surface area (Å²) in [4.78, 5) is 12.1. The maximum absolute atomic E-state index is 12.6. The number of nitrogens with zero attached hydrogens (tertiary/aromatic N) is 2. The number of pyridine rings is 1. The second-order valence-electron chi connectivity index (χ2n) is 3.00. The van der Waals surface area contributed by atoms with Gasteiger partial charge in [-0.15, -0.1) is 13.2 Å². The van der Waals surface area contributed by atoms with Crippen LogP contribution < -0.4 is 9.47 Å². The smallest absolute Gasteiger partial charge is 0.490 e. The van der Waals surface area contributed by atoms with Crippen LogP contribution in [0.1, 0.15) is 12.1 Å². The maximum atomic E-state index is 12.6. The molecule has 0 saturated heterocycles. The molecule has 106 valence electrons. The Kier molecular flexibility index (Phi) is 4.07. The zero-order valence-electron chi connectivity index (χ0n) is 9.07. The van der Waals surface area contributed by atoms with Gasteiger partial charge in [-0.05, 0) is 0 Å². The molecule has 11 heteroatoms. The van der Waals surface area contributed by atoms with E-state index in [1.165, 1.54) is 0 Å². The Morgan fingerprint density at radius 2 is 2.00 bits per heavy atom. The summed E-state index contributed by atoms with van der Waals surface area (Å²) in [6.07, 6.45) is -8.64. The van der Waals surface area contributed by atoms with Crippen LogP contribution in [0.2, 0.25) is 0 Å². The van der Waals surface area contributed by atoms with Crippen molar-refractivity contribution in [2.24, 2.45) is 0 Å². The highest BCUT2D eigenvalue weighted by atomic mass is 19.4. The van der Waals surface area contributed by atoms with Gasteiger partial charge in [-0.3, -0.25) is 10.1 Å². The molecule has 1 aromatic rings. The molecule has 0 fully saturated rings. The molecule has 0 N–H and O–H groups in total. The van der Waals surface area contributed by atoms with E-state index >= 15 is 0 Å². The van der Waals surface area contributed by atoms with Crippen LogP contribution in [-0.4, -0.2) is 23.4 Å². The van der Waals surface area contributed by atoms with E-state index in [1.54, 1.807) is 0 Å². The van der Waals surface area contributed by atoms with Crippen molar-refractivity contribution >= 4 is 5.69 Å². The SMILES string of the molecule is COc1cc(OC(F)(F)F)nc(C(F)F)c1[N+](=O)[O-].